The van der Waals surface area contributed by atoms with Crippen LogP contribution < -0.4 is 10.1 Å². The second kappa shape index (κ2) is 8.86. The largest absolute Gasteiger partial charge is 0.484 e. The Morgan fingerprint density at radius 3 is 2.65 bits per heavy atom. The van der Waals surface area contributed by atoms with Crippen LogP contribution in [0.1, 0.15) is 23.1 Å². The van der Waals surface area contributed by atoms with Gasteiger partial charge in [0, 0.05) is 12.6 Å². The number of carbonyl (C=O) groups excluding carboxylic acids is 1. The predicted molar refractivity (Wildman–Crippen MR) is 105 cm³/mol. The minimum atomic E-state index is -0.0783. The van der Waals surface area contributed by atoms with E-state index in [4.69, 9.17) is 4.74 Å². The standard InChI is InChI=1S/C22H28N2O2/c1-24(2)20(13-17-7-4-3-5-8-17)15-23-22(25)16-26-21-12-11-18-9-6-10-19(18)14-21/h3-5,7-8,11-12,14,20H,6,9-10,13,15-16H2,1-2H3,(H,23,25). The SMILES string of the molecule is CN(C)C(CNC(=O)COc1ccc2c(c1)CCC2)Cc1ccccc1. The van der Waals surface area contributed by atoms with Crippen LogP contribution in [0, 0.1) is 0 Å². The van der Waals surface area contributed by atoms with Gasteiger partial charge < -0.3 is 15.0 Å². The van der Waals surface area contributed by atoms with Gasteiger partial charge in [0.2, 0.25) is 0 Å². The average Bonchev–Trinajstić information content (AvgIpc) is 3.11. The van der Waals surface area contributed by atoms with Gasteiger partial charge >= 0.3 is 0 Å². The van der Waals surface area contributed by atoms with Crippen LogP contribution in [0.4, 0.5) is 0 Å². The minimum Gasteiger partial charge on any atom is -0.484 e. The van der Waals surface area contributed by atoms with E-state index in [9.17, 15) is 4.79 Å². The van der Waals surface area contributed by atoms with Crippen LogP contribution in [0.15, 0.2) is 48.5 Å². The molecule has 1 unspecified atom stereocenters. The normalized spacial score (nSPS) is 14.1. The van der Waals surface area contributed by atoms with Crippen molar-refractivity contribution in [1.82, 2.24) is 10.2 Å². The van der Waals surface area contributed by atoms with E-state index in [0.717, 1.165) is 25.0 Å². The number of hydrogen-bond donors (Lipinski definition) is 1. The maximum absolute atomic E-state index is 12.2. The smallest absolute Gasteiger partial charge is 0.257 e. The van der Waals surface area contributed by atoms with Crippen LogP contribution in [0.2, 0.25) is 0 Å². The number of likely N-dealkylation sites (N-methyl/N-ethyl adjacent to an activating group) is 1. The van der Waals surface area contributed by atoms with Crippen molar-refractivity contribution in [3.63, 3.8) is 0 Å². The molecule has 0 saturated heterocycles. The number of benzene rings is 2. The van der Waals surface area contributed by atoms with E-state index in [0.29, 0.717) is 6.54 Å². The first-order valence-electron chi connectivity index (χ1n) is 9.33. The van der Waals surface area contributed by atoms with E-state index in [1.165, 1.54) is 23.1 Å². The maximum atomic E-state index is 12.2. The summed E-state index contributed by atoms with van der Waals surface area (Å²) in [4.78, 5) is 14.3. The Kier molecular flexibility index (Phi) is 6.29. The first kappa shape index (κ1) is 18.5. The third-order valence-electron chi connectivity index (χ3n) is 5.02. The third kappa shape index (κ3) is 5.09. The molecule has 0 aliphatic heterocycles. The zero-order chi connectivity index (χ0) is 18.4. The molecule has 3 rings (SSSR count). The first-order valence-corrected chi connectivity index (χ1v) is 9.33. The fourth-order valence-electron chi connectivity index (χ4n) is 3.39. The molecule has 0 aromatic heterocycles. The lowest BCUT2D eigenvalue weighted by molar-refractivity contribution is -0.123. The summed E-state index contributed by atoms with van der Waals surface area (Å²) in [6.45, 7) is 0.665. The van der Waals surface area contributed by atoms with E-state index in [1.807, 2.05) is 38.4 Å². The number of ether oxygens (including phenoxy) is 1. The third-order valence-corrected chi connectivity index (χ3v) is 5.02. The van der Waals surface area contributed by atoms with Crippen LogP contribution in [-0.2, 0) is 24.1 Å². The van der Waals surface area contributed by atoms with Gasteiger partial charge in [-0.1, -0.05) is 36.4 Å². The molecule has 26 heavy (non-hydrogen) atoms. The number of nitrogens with zero attached hydrogens (tertiary/aromatic N) is 1. The van der Waals surface area contributed by atoms with Crippen molar-refractivity contribution < 1.29 is 9.53 Å². The highest BCUT2D eigenvalue weighted by Gasteiger charge is 2.15. The van der Waals surface area contributed by atoms with Gasteiger partial charge in [-0.15, -0.1) is 0 Å². The number of amides is 1. The molecular formula is C22H28N2O2. The Balaban J connectivity index is 1.46. The van der Waals surface area contributed by atoms with Crippen LogP contribution >= 0.6 is 0 Å². The van der Waals surface area contributed by atoms with Gasteiger partial charge in [0.25, 0.3) is 5.91 Å². The van der Waals surface area contributed by atoms with E-state index in [2.05, 4.69) is 34.5 Å². The molecule has 0 saturated carbocycles. The van der Waals surface area contributed by atoms with Gasteiger partial charge in [-0.05, 0) is 68.6 Å². The molecule has 1 aliphatic rings. The molecule has 0 spiro atoms. The first-order chi connectivity index (χ1) is 12.6. The summed E-state index contributed by atoms with van der Waals surface area (Å²) in [5, 5.41) is 3.00. The quantitative estimate of drug-likeness (QED) is 0.794. The molecule has 1 aliphatic carbocycles. The predicted octanol–water partition coefficient (Wildman–Crippen LogP) is 2.84. The second-order valence-corrected chi connectivity index (χ2v) is 7.18. The molecule has 4 heteroatoms. The molecule has 2 aromatic rings. The summed E-state index contributed by atoms with van der Waals surface area (Å²) >= 11 is 0. The number of carbonyl (C=O) groups is 1. The van der Waals surface area contributed by atoms with E-state index < -0.39 is 0 Å². The zero-order valence-corrected chi connectivity index (χ0v) is 15.7. The molecule has 2 aromatic carbocycles. The van der Waals surface area contributed by atoms with Crippen molar-refractivity contribution in [1.29, 1.82) is 0 Å². The molecule has 0 heterocycles. The van der Waals surface area contributed by atoms with Gasteiger partial charge in [-0.3, -0.25) is 4.79 Å². The Labute approximate surface area is 156 Å². The summed E-state index contributed by atoms with van der Waals surface area (Å²) in [6.07, 6.45) is 4.39. The van der Waals surface area contributed by atoms with Crippen molar-refractivity contribution in [2.75, 3.05) is 27.2 Å². The fraction of sp³-hybridized carbons (Fsp3) is 0.409. The summed E-state index contributed by atoms with van der Waals surface area (Å²) < 4.78 is 5.68. The van der Waals surface area contributed by atoms with Crippen molar-refractivity contribution in [3.05, 3.63) is 65.2 Å². The van der Waals surface area contributed by atoms with Gasteiger partial charge in [0.1, 0.15) is 5.75 Å². The topological polar surface area (TPSA) is 41.6 Å². The van der Waals surface area contributed by atoms with Crippen LogP contribution in [0.3, 0.4) is 0 Å². The number of nitrogens with one attached hydrogen (secondary N) is 1. The lowest BCUT2D eigenvalue weighted by Gasteiger charge is -2.24. The average molecular weight is 352 g/mol. The van der Waals surface area contributed by atoms with Crippen molar-refractivity contribution >= 4 is 5.91 Å². The fourth-order valence-corrected chi connectivity index (χ4v) is 3.39. The number of aryl methyl sites for hydroxylation is 2. The summed E-state index contributed by atoms with van der Waals surface area (Å²) in [5.41, 5.74) is 4.05. The molecule has 1 N–H and O–H groups in total. The number of hydrogen-bond acceptors (Lipinski definition) is 3. The van der Waals surface area contributed by atoms with E-state index >= 15 is 0 Å². The highest BCUT2D eigenvalue weighted by molar-refractivity contribution is 5.77. The summed E-state index contributed by atoms with van der Waals surface area (Å²) in [5.74, 6) is 0.708. The zero-order valence-electron chi connectivity index (χ0n) is 15.7. The van der Waals surface area contributed by atoms with Crippen LogP contribution in [0.5, 0.6) is 5.75 Å². The van der Waals surface area contributed by atoms with Gasteiger partial charge in [-0.2, -0.15) is 0 Å². The lowest BCUT2D eigenvalue weighted by Crippen LogP contribution is -2.42. The second-order valence-electron chi connectivity index (χ2n) is 7.18. The highest BCUT2D eigenvalue weighted by atomic mass is 16.5. The Morgan fingerprint density at radius 1 is 1.12 bits per heavy atom. The van der Waals surface area contributed by atoms with Crippen molar-refractivity contribution in [2.24, 2.45) is 0 Å². The molecule has 0 radical (unpaired) electrons. The monoisotopic (exact) mass is 352 g/mol. The van der Waals surface area contributed by atoms with E-state index in [-0.39, 0.29) is 18.6 Å². The Morgan fingerprint density at radius 2 is 1.88 bits per heavy atom. The molecule has 138 valence electrons. The number of fused-ring (bicyclic) bond motifs is 1. The van der Waals surface area contributed by atoms with Crippen LogP contribution in [-0.4, -0.2) is 44.1 Å². The maximum Gasteiger partial charge on any atom is 0.257 e. The Bertz CT molecular complexity index is 728. The van der Waals surface area contributed by atoms with E-state index in [1.54, 1.807) is 0 Å². The number of rotatable bonds is 8. The van der Waals surface area contributed by atoms with Gasteiger partial charge in [0.15, 0.2) is 6.61 Å². The molecule has 0 fully saturated rings. The van der Waals surface area contributed by atoms with Gasteiger partial charge in [0.05, 0.1) is 0 Å². The summed E-state index contributed by atoms with van der Waals surface area (Å²) in [7, 11) is 4.08. The molecule has 1 amide bonds. The van der Waals surface area contributed by atoms with Crippen molar-refractivity contribution in [3.8, 4) is 5.75 Å². The van der Waals surface area contributed by atoms with Crippen LogP contribution in [0.25, 0.3) is 0 Å². The molecule has 0 bridgehead atoms. The van der Waals surface area contributed by atoms with Gasteiger partial charge in [-0.25, -0.2) is 0 Å². The minimum absolute atomic E-state index is 0.0598. The molecule has 4 nitrogen and oxygen atoms in total. The lowest BCUT2D eigenvalue weighted by atomic mass is 10.1. The Hall–Kier alpha value is -2.33. The highest BCUT2D eigenvalue weighted by Crippen LogP contribution is 2.25. The summed E-state index contributed by atoms with van der Waals surface area (Å²) in [6, 6.07) is 16.8. The van der Waals surface area contributed by atoms with Crippen molar-refractivity contribution in [2.45, 2.75) is 31.7 Å². The molecule has 1 atom stereocenters. The molecular weight excluding hydrogens is 324 g/mol.